The number of nitrogens with zero attached hydrogens (tertiary/aromatic N) is 3. The number of carbonyl (C=O) groups excluding carboxylic acids is 1. The van der Waals surface area contributed by atoms with Gasteiger partial charge in [0.25, 0.3) is 0 Å². The number of guanidine groups is 1. The Labute approximate surface area is 175 Å². The fraction of sp³-hybridized carbons (Fsp3) is 0.600. The Morgan fingerprint density at radius 2 is 2.00 bits per heavy atom. The van der Waals surface area contributed by atoms with Crippen LogP contribution in [0.1, 0.15) is 25.8 Å². The smallest absolute Gasteiger partial charge is 0.243 e. The van der Waals surface area contributed by atoms with Crippen molar-refractivity contribution in [1.29, 1.82) is 0 Å². The minimum atomic E-state index is 0. The van der Waals surface area contributed by atoms with Crippen LogP contribution in [0.2, 0.25) is 0 Å². The van der Waals surface area contributed by atoms with Crippen molar-refractivity contribution in [3.05, 3.63) is 35.9 Å². The maximum absolute atomic E-state index is 11.9. The van der Waals surface area contributed by atoms with E-state index in [1.807, 2.05) is 0 Å². The van der Waals surface area contributed by atoms with Gasteiger partial charge in [0.1, 0.15) is 6.54 Å². The predicted octanol–water partition coefficient (Wildman–Crippen LogP) is 2.86. The molecule has 1 unspecified atom stereocenters. The Morgan fingerprint density at radius 1 is 1.31 bits per heavy atom. The summed E-state index contributed by atoms with van der Waals surface area (Å²) in [6.07, 6.45) is 2.27. The normalized spacial score (nSPS) is 17.2. The summed E-state index contributed by atoms with van der Waals surface area (Å²) in [7, 11) is 3.54. The van der Waals surface area contributed by atoms with Gasteiger partial charge in [-0.3, -0.25) is 4.79 Å². The quantitative estimate of drug-likeness (QED) is 0.394. The number of likely N-dealkylation sites (N-methyl/N-ethyl adjacent to an activating group) is 1. The lowest BCUT2D eigenvalue weighted by atomic mass is 9.99. The lowest BCUT2D eigenvalue weighted by Gasteiger charge is -2.23. The van der Waals surface area contributed by atoms with Gasteiger partial charge in [0.2, 0.25) is 5.91 Å². The molecule has 1 atom stereocenters. The van der Waals surface area contributed by atoms with E-state index in [1.54, 1.807) is 19.0 Å². The average molecular weight is 472 g/mol. The second kappa shape index (κ2) is 11.4. The molecule has 5 nitrogen and oxygen atoms in total. The molecule has 1 aliphatic rings. The lowest BCUT2D eigenvalue weighted by molar-refractivity contribution is -0.127. The number of carbonyl (C=O) groups is 1. The summed E-state index contributed by atoms with van der Waals surface area (Å²) in [5, 5.41) is 3.45. The predicted molar refractivity (Wildman–Crippen MR) is 119 cm³/mol. The van der Waals surface area contributed by atoms with E-state index < -0.39 is 0 Å². The van der Waals surface area contributed by atoms with E-state index >= 15 is 0 Å². The number of likely N-dealkylation sites (tertiary alicyclic amines) is 1. The molecule has 0 aliphatic carbocycles. The molecule has 1 aromatic rings. The fourth-order valence-corrected chi connectivity index (χ4v) is 2.99. The van der Waals surface area contributed by atoms with Crippen LogP contribution in [0, 0.1) is 11.8 Å². The molecular formula is C20H33IN4O. The summed E-state index contributed by atoms with van der Waals surface area (Å²) in [5.41, 5.74) is 1.39. The largest absolute Gasteiger partial charge is 0.356 e. The standard InChI is InChI=1S/C20H32N4O.HI/c1-16(2)13-21-20(22-14-19(25)23(3)4)24-11-10-18(15-24)12-17-8-6-5-7-9-17;/h5-9,16,18H,10-15H2,1-4H3,(H,21,22);1H. The summed E-state index contributed by atoms with van der Waals surface area (Å²) in [6.45, 7) is 7.42. The van der Waals surface area contributed by atoms with E-state index in [9.17, 15) is 4.79 Å². The number of benzene rings is 1. The zero-order valence-corrected chi connectivity index (χ0v) is 18.8. The molecule has 0 aromatic heterocycles. The van der Waals surface area contributed by atoms with Gasteiger partial charge in [-0.05, 0) is 30.2 Å². The van der Waals surface area contributed by atoms with Crippen LogP contribution in [0.15, 0.2) is 35.3 Å². The van der Waals surface area contributed by atoms with E-state index in [-0.39, 0.29) is 36.4 Å². The van der Waals surface area contributed by atoms with Crippen LogP contribution in [0.4, 0.5) is 0 Å². The van der Waals surface area contributed by atoms with Crippen LogP contribution in [-0.4, -0.2) is 61.9 Å². The van der Waals surface area contributed by atoms with Crippen LogP contribution in [0.25, 0.3) is 0 Å². The van der Waals surface area contributed by atoms with Crippen molar-refractivity contribution < 1.29 is 4.79 Å². The third kappa shape index (κ3) is 7.51. The molecule has 1 aromatic carbocycles. The molecule has 1 heterocycles. The number of aliphatic imine (C=N–C) groups is 1. The molecule has 26 heavy (non-hydrogen) atoms. The Hall–Kier alpha value is -1.31. The lowest BCUT2D eigenvalue weighted by Crippen LogP contribution is -2.42. The molecule has 6 heteroatoms. The highest BCUT2D eigenvalue weighted by Crippen LogP contribution is 2.21. The van der Waals surface area contributed by atoms with E-state index in [1.165, 1.54) is 12.0 Å². The Morgan fingerprint density at radius 3 is 2.62 bits per heavy atom. The van der Waals surface area contributed by atoms with Gasteiger partial charge in [-0.15, -0.1) is 24.0 Å². The summed E-state index contributed by atoms with van der Waals surface area (Å²) in [6, 6.07) is 10.7. The van der Waals surface area contributed by atoms with Gasteiger partial charge in [-0.2, -0.15) is 0 Å². The summed E-state index contributed by atoms with van der Waals surface area (Å²) in [4.78, 5) is 20.4. The molecule has 1 fully saturated rings. The van der Waals surface area contributed by atoms with Crippen molar-refractivity contribution in [2.75, 3.05) is 40.3 Å². The summed E-state index contributed by atoms with van der Waals surface area (Å²) in [5.74, 6) is 2.08. The first-order chi connectivity index (χ1) is 12.0. The van der Waals surface area contributed by atoms with E-state index in [2.05, 4.69) is 59.4 Å². The van der Waals surface area contributed by atoms with Crippen LogP contribution in [-0.2, 0) is 11.2 Å². The van der Waals surface area contributed by atoms with Crippen molar-refractivity contribution in [2.45, 2.75) is 26.7 Å². The third-order valence-corrected chi connectivity index (χ3v) is 4.48. The average Bonchev–Trinajstić information content (AvgIpc) is 3.03. The van der Waals surface area contributed by atoms with Gasteiger partial charge in [-0.1, -0.05) is 44.2 Å². The SMILES string of the molecule is CC(C)CNC(=NCC(=O)N(C)C)N1CCC(Cc2ccccc2)C1.I. The van der Waals surface area contributed by atoms with Gasteiger partial charge in [0, 0.05) is 33.7 Å². The highest BCUT2D eigenvalue weighted by molar-refractivity contribution is 14.0. The van der Waals surface area contributed by atoms with Gasteiger partial charge in [-0.25, -0.2) is 4.99 Å². The number of halogens is 1. The van der Waals surface area contributed by atoms with Crippen molar-refractivity contribution in [2.24, 2.45) is 16.8 Å². The Kier molecular flexibility index (Phi) is 9.98. The topological polar surface area (TPSA) is 47.9 Å². The van der Waals surface area contributed by atoms with Crippen molar-refractivity contribution in [3.63, 3.8) is 0 Å². The van der Waals surface area contributed by atoms with Crippen LogP contribution in [0.3, 0.4) is 0 Å². The molecule has 0 bridgehead atoms. The molecule has 1 amide bonds. The molecule has 146 valence electrons. The molecule has 2 rings (SSSR count). The van der Waals surface area contributed by atoms with Crippen molar-refractivity contribution >= 4 is 35.8 Å². The zero-order valence-electron chi connectivity index (χ0n) is 16.4. The maximum Gasteiger partial charge on any atom is 0.243 e. The highest BCUT2D eigenvalue weighted by Gasteiger charge is 2.25. The van der Waals surface area contributed by atoms with E-state index in [0.29, 0.717) is 11.8 Å². The van der Waals surface area contributed by atoms with Crippen LogP contribution < -0.4 is 5.32 Å². The second-order valence-electron chi connectivity index (χ2n) is 7.49. The first-order valence-electron chi connectivity index (χ1n) is 9.23. The van der Waals surface area contributed by atoms with Gasteiger partial charge >= 0.3 is 0 Å². The maximum atomic E-state index is 11.9. The van der Waals surface area contributed by atoms with Crippen molar-refractivity contribution in [3.8, 4) is 0 Å². The molecule has 1 saturated heterocycles. The Bertz CT molecular complexity index is 574. The minimum absolute atomic E-state index is 0. The summed E-state index contributed by atoms with van der Waals surface area (Å²) < 4.78 is 0. The highest BCUT2D eigenvalue weighted by atomic mass is 127. The Balaban J connectivity index is 0.00000338. The number of rotatable bonds is 6. The molecule has 0 spiro atoms. The van der Waals surface area contributed by atoms with Gasteiger partial charge in [0.15, 0.2) is 5.96 Å². The number of hydrogen-bond donors (Lipinski definition) is 1. The first-order valence-corrected chi connectivity index (χ1v) is 9.23. The molecule has 1 aliphatic heterocycles. The molecule has 1 N–H and O–H groups in total. The fourth-order valence-electron chi connectivity index (χ4n) is 2.99. The molecule has 0 saturated carbocycles. The summed E-state index contributed by atoms with van der Waals surface area (Å²) >= 11 is 0. The van der Waals surface area contributed by atoms with E-state index in [4.69, 9.17) is 0 Å². The molecular weight excluding hydrogens is 439 g/mol. The number of nitrogens with one attached hydrogen (secondary N) is 1. The third-order valence-electron chi connectivity index (χ3n) is 4.48. The van der Waals surface area contributed by atoms with Crippen LogP contribution >= 0.6 is 24.0 Å². The van der Waals surface area contributed by atoms with Gasteiger partial charge < -0.3 is 15.1 Å². The molecule has 0 radical (unpaired) electrons. The van der Waals surface area contributed by atoms with E-state index in [0.717, 1.165) is 32.0 Å². The van der Waals surface area contributed by atoms with Crippen molar-refractivity contribution in [1.82, 2.24) is 15.1 Å². The second-order valence-corrected chi connectivity index (χ2v) is 7.49. The first kappa shape index (κ1) is 22.7. The van der Waals surface area contributed by atoms with Crippen LogP contribution in [0.5, 0.6) is 0 Å². The number of hydrogen-bond acceptors (Lipinski definition) is 2. The monoisotopic (exact) mass is 472 g/mol. The van der Waals surface area contributed by atoms with Gasteiger partial charge in [0.05, 0.1) is 0 Å². The number of amides is 1. The minimum Gasteiger partial charge on any atom is -0.356 e. The zero-order chi connectivity index (χ0) is 18.2.